The highest BCUT2D eigenvalue weighted by Crippen LogP contribution is 2.09. The van der Waals surface area contributed by atoms with Gasteiger partial charge >= 0.3 is 5.82 Å². The zero-order valence-corrected chi connectivity index (χ0v) is 9.88. The van der Waals surface area contributed by atoms with Crippen LogP contribution in [0.5, 0.6) is 0 Å². The van der Waals surface area contributed by atoms with Crippen molar-refractivity contribution in [2.24, 2.45) is 0 Å². The van der Waals surface area contributed by atoms with Gasteiger partial charge in [0.1, 0.15) is 0 Å². The van der Waals surface area contributed by atoms with Crippen molar-refractivity contribution in [3.8, 4) is 0 Å². The lowest BCUT2D eigenvalue weighted by molar-refractivity contribution is -0.389. The second-order valence-electron chi connectivity index (χ2n) is 3.67. The molecule has 1 aromatic heterocycles. The number of aromatic nitrogens is 1. The molecule has 0 aliphatic carbocycles. The third-order valence-electron chi connectivity index (χ3n) is 2.23. The molecule has 0 spiro atoms. The summed E-state index contributed by atoms with van der Waals surface area (Å²) in [6.07, 6.45) is -0.296. The van der Waals surface area contributed by atoms with Gasteiger partial charge in [-0.05, 0) is 17.4 Å². The van der Waals surface area contributed by atoms with Gasteiger partial charge in [0, 0.05) is 19.7 Å². The summed E-state index contributed by atoms with van der Waals surface area (Å²) in [6, 6.07) is 2.55. The van der Waals surface area contributed by atoms with Crippen molar-refractivity contribution in [2.45, 2.75) is 12.5 Å². The maximum atomic E-state index is 11.5. The molecule has 1 heterocycles. The van der Waals surface area contributed by atoms with Gasteiger partial charge in [0.25, 0.3) is 5.91 Å². The van der Waals surface area contributed by atoms with Crippen molar-refractivity contribution in [2.75, 3.05) is 20.3 Å². The Morgan fingerprint density at radius 2 is 2.39 bits per heavy atom. The molecular formula is C10H15N3O5. The van der Waals surface area contributed by atoms with E-state index >= 15 is 0 Å². The summed E-state index contributed by atoms with van der Waals surface area (Å²) < 4.78 is 4.73. The van der Waals surface area contributed by atoms with Crippen LogP contribution in [-0.2, 0) is 4.74 Å². The van der Waals surface area contributed by atoms with Gasteiger partial charge < -0.3 is 25.3 Å². The lowest BCUT2D eigenvalue weighted by atomic mass is 10.2. The lowest BCUT2D eigenvalue weighted by Crippen LogP contribution is -2.28. The Kier molecular flexibility index (Phi) is 5.28. The molecule has 0 radical (unpaired) electrons. The number of carbonyl (C=O) groups excluding carboxylic acids is 1. The highest BCUT2D eigenvalue weighted by atomic mass is 16.6. The number of rotatable bonds is 7. The van der Waals surface area contributed by atoms with Crippen LogP contribution in [0.3, 0.4) is 0 Å². The predicted octanol–water partition coefficient (Wildman–Crippen LogP) is 0.0501. The quantitative estimate of drug-likeness (QED) is 0.471. The minimum atomic E-state index is -0.645. The van der Waals surface area contributed by atoms with Crippen LogP contribution in [0.25, 0.3) is 0 Å². The van der Waals surface area contributed by atoms with Crippen LogP contribution in [0.15, 0.2) is 12.1 Å². The van der Waals surface area contributed by atoms with E-state index in [9.17, 15) is 20.0 Å². The Morgan fingerprint density at radius 1 is 1.67 bits per heavy atom. The summed E-state index contributed by atoms with van der Waals surface area (Å²) >= 11 is 0. The number of ether oxygens (including phenoxy) is 1. The summed E-state index contributed by atoms with van der Waals surface area (Å²) in [5.74, 6) is -0.688. The Hall–Kier alpha value is -1.93. The van der Waals surface area contributed by atoms with Crippen molar-refractivity contribution in [1.82, 2.24) is 10.3 Å². The van der Waals surface area contributed by atoms with Gasteiger partial charge in [-0.1, -0.05) is 0 Å². The lowest BCUT2D eigenvalue weighted by Gasteiger charge is -2.08. The SMILES string of the molecule is COCC(O)CCNC(=O)c1ccc([N+](=O)[O-])[nH]1. The first-order valence-corrected chi connectivity index (χ1v) is 5.33. The van der Waals surface area contributed by atoms with E-state index in [0.717, 1.165) is 0 Å². The minimum absolute atomic E-state index is 0.114. The van der Waals surface area contributed by atoms with Crippen molar-refractivity contribution >= 4 is 11.7 Å². The third kappa shape index (κ3) is 4.15. The van der Waals surface area contributed by atoms with Crippen LogP contribution in [0.4, 0.5) is 5.82 Å². The molecule has 18 heavy (non-hydrogen) atoms. The molecule has 0 saturated heterocycles. The van der Waals surface area contributed by atoms with E-state index in [2.05, 4.69) is 10.3 Å². The van der Waals surface area contributed by atoms with Gasteiger partial charge in [-0.25, -0.2) is 4.98 Å². The number of nitrogens with zero attached hydrogens (tertiary/aromatic N) is 1. The third-order valence-corrected chi connectivity index (χ3v) is 2.23. The normalized spacial score (nSPS) is 12.1. The first-order chi connectivity index (χ1) is 8.54. The van der Waals surface area contributed by atoms with E-state index in [1.54, 1.807) is 0 Å². The largest absolute Gasteiger partial charge is 0.391 e. The second kappa shape index (κ2) is 6.72. The van der Waals surface area contributed by atoms with E-state index in [1.807, 2.05) is 0 Å². The standard InChI is InChI=1S/C10H15N3O5/c1-18-6-7(14)4-5-11-10(15)8-2-3-9(12-8)13(16)17/h2-3,7,12,14H,4-6H2,1H3,(H,11,15). The number of aromatic amines is 1. The van der Waals surface area contributed by atoms with Gasteiger partial charge in [0.2, 0.25) is 0 Å². The van der Waals surface area contributed by atoms with Crippen LogP contribution >= 0.6 is 0 Å². The smallest absolute Gasteiger partial charge is 0.321 e. The number of carbonyl (C=O) groups is 1. The number of nitro groups is 1. The molecule has 8 heteroatoms. The summed E-state index contributed by atoms with van der Waals surface area (Å²) in [4.78, 5) is 23.7. The molecule has 1 unspecified atom stereocenters. The molecule has 0 fully saturated rings. The predicted molar refractivity (Wildman–Crippen MR) is 62.3 cm³/mol. The average Bonchev–Trinajstić information content (AvgIpc) is 2.78. The molecular weight excluding hydrogens is 242 g/mol. The Bertz CT molecular complexity index is 417. The van der Waals surface area contributed by atoms with E-state index in [0.29, 0.717) is 6.42 Å². The molecule has 0 aromatic carbocycles. The fourth-order valence-electron chi connectivity index (χ4n) is 1.35. The second-order valence-corrected chi connectivity index (χ2v) is 3.67. The highest BCUT2D eigenvalue weighted by molar-refractivity contribution is 5.92. The van der Waals surface area contributed by atoms with E-state index < -0.39 is 16.9 Å². The fraction of sp³-hybridized carbons (Fsp3) is 0.500. The van der Waals surface area contributed by atoms with Crippen LogP contribution in [0, 0.1) is 10.1 Å². The van der Waals surface area contributed by atoms with Crippen LogP contribution < -0.4 is 5.32 Å². The number of hydrogen-bond donors (Lipinski definition) is 3. The summed E-state index contributed by atoms with van der Waals surface area (Å²) in [7, 11) is 1.47. The van der Waals surface area contributed by atoms with Crippen molar-refractivity contribution in [3.63, 3.8) is 0 Å². The number of H-pyrrole nitrogens is 1. The Morgan fingerprint density at radius 3 is 2.94 bits per heavy atom. The first kappa shape index (κ1) is 14.1. The molecule has 1 aromatic rings. The van der Waals surface area contributed by atoms with Crippen LogP contribution in [-0.4, -0.2) is 47.3 Å². The van der Waals surface area contributed by atoms with E-state index in [1.165, 1.54) is 19.2 Å². The summed E-state index contributed by atoms with van der Waals surface area (Å²) in [5.41, 5.74) is 0.114. The zero-order chi connectivity index (χ0) is 13.5. The molecule has 0 aliphatic heterocycles. The zero-order valence-electron chi connectivity index (χ0n) is 9.88. The number of hydrogen-bond acceptors (Lipinski definition) is 5. The summed E-state index contributed by atoms with van der Waals surface area (Å²) in [5, 5.41) is 22.3. The van der Waals surface area contributed by atoms with Crippen LogP contribution in [0.2, 0.25) is 0 Å². The molecule has 3 N–H and O–H groups in total. The van der Waals surface area contributed by atoms with Gasteiger partial charge in [-0.2, -0.15) is 0 Å². The van der Waals surface area contributed by atoms with Gasteiger partial charge in [-0.15, -0.1) is 0 Å². The number of aliphatic hydroxyl groups excluding tert-OH is 1. The average molecular weight is 257 g/mol. The van der Waals surface area contributed by atoms with Gasteiger partial charge in [-0.3, -0.25) is 4.79 Å². The number of methoxy groups -OCH3 is 1. The Labute approximate surface area is 103 Å². The molecule has 0 saturated carbocycles. The van der Waals surface area contributed by atoms with Crippen molar-refractivity contribution < 1.29 is 19.6 Å². The maximum absolute atomic E-state index is 11.5. The number of aliphatic hydroxyl groups is 1. The minimum Gasteiger partial charge on any atom is -0.391 e. The van der Waals surface area contributed by atoms with Gasteiger partial charge in [0.05, 0.1) is 12.7 Å². The first-order valence-electron chi connectivity index (χ1n) is 5.33. The van der Waals surface area contributed by atoms with Crippen molar-refractivity contribution in [1.29, 1.82) is 0 Å². The van der Waals surface area contributed by atoms with Crippen molar-refractivity contribution in [3.05, 3.63) is 27.9 Å². The number of amides is 1. The molecule has 100 valence electrons. The van der Waals surface area contributed by atoms with E-state index in [-0.39, 0.29) is 24.7 Å². The Balaban J connectivity index is 2.38. The molecule has 0 aliphatic rings. The molecule has 8 nitrogen and oxygen atoms in total. The fourth-order valence-corrected chi connectivity index (χ4v) is 1.35. The highest BCUT2D eigenvalue weighted by Gasteiger charge is 2.15. The topological polar surface area (TPSA) is 117 Å². The molecule has 0 bridgehead atoms. The molecule has 1 amide bonds. The maximum Gasteiger partial charge on any atom is 0.321 e. The summed E-state index contributed by atoms with van der Waals surface area (Å²) in [6.45, 7) is 0.458. The van der Waals surface area contributed by atoms with E-state index in [4.69, 9.17) is 4.74 Å². The van der Waals surface area contributed by atoms with Crippen LogP contribution in [0.1, 0.15) is 16.9 Å². The molecule has 1 atom stereocenters. The number of nitrogens with one attached hydrogen (secondary N) is 2. The monoisotopic (exact) mass is 257 g/mol. The molecule has 1 rings (SSSR count). The van der Waals surface area contributed by atoms with Gasteiger partial charge in [0.15, 0.2) is 5.69 Å².